The molecule has 2 rings (SSSR count). The number of piperidine rings is 1. The molecule has 21 heavy (non-hydrogen) atoms. The van der Waals surface area contributed by atoms with Crippen molar-refractivity contribution in [2.45, 2.75) is 32.1 Å². The molecule has 118 valence electrons. The molecule has 6 heteroatoms. The summed E-state index contributed by atoms with van der Waals surface area (Å²) < 4.78 is 32.6. The second-order valence-electron chi connectivity index (χ2n) is 6.13. The molecular weight excluding hydrogens is 288 g/mol. The summed E-state index contributed by atoms with van der Waals surface area (Å²) in [4.78, 5) is 0.161. The Balaban J connectivity index is 2.46. The summed E-state index contributed by atoms with van der Waals surface area (Å²) in [7, 11) is -2.10. The van der Waals surface area contributed by atoms with Gasteiger partial charge in [-0.1, -0.05) is 13.8 Å². The van der Waals surface area contributed by atoms with Crippen molar-refractivity contribution in [1.29, 1.82) is 0 Å². The molecule has 1 aliphatic rings. The van der Waals surface area contributed by atoms with Crippen LogP contribution in [0.4, 0.5) is 5.69 Å². The average molecular weight is 312 g/mol. The monoisotopic (exact) mass is 312 g/mol. The van der Waals surface area contributed by atoms with Gasteiger partial charge in [0.15, 0.2) is 0 Å². The van der Waals surface area contributed by atoms with E-state index >= 15 is 0 Å². The Morgan fingerprint density at radius 1 is 1.24 bits per heavy atom. The first-order valence-electron chi connectivity index (χ1n) is 7.20. The van der Waals surface area contributed by atoms with Crippen LogP contribution in [0, 0.1) is 18.8 Å². The number of hydrogen-bond acceptors (Lipinski definition) is 4. The van der Waals surface area contributed by atoms with E-state index in [1.54, 1.807) is 10.4 Å². The molecule has 2 unspecified atom stereocenters. The predicted octanol–water partition coefficient (Wildman–Crippen LogP) is 2.25. The summed E-state index contributed by atoms with van der Waals surface area (Å²) in [5.74, 6) is 1.07. The minimum Gasteiger partial charge on any atom is -0.495 e. The second-order valence-corrected chi connectivity index (χ2v) is 8.03. The molecule has 1 aliphatic heterocycles. The molecule has 1 fully saturated rings. The van der Waals surface area contributed by atoms with Crippen molar-refractivity contribution in [2.24, 2.45) is 11.8 Å². The molecule has 0 amide bonds. The van der Waals surface area contributed by atoms with E-state index in [2.05, 4.69) is 13.8 Å². The minimum absolute atomic E-state index is 0.161. The number of sulfonamides is 1. The van der Waals surface area contributed by atoms with E-state index in [9.17, 15) is 8.42 Å². The van der Waals surface area contributed by atoms with Crippen molar-refractivity contribution in [2.75, 3.05) is 25.9 Å². The number of nitrogens with two attached hydrogens (primary N) is 1. The summed E-state index contributed by atoms with van der Waals surface area (Å²) in [6.45, 7) is 7.09. The first kappa shape index (κ1) is 16.1. The van der Waals surface area contributed by atoms with Crippen LogP contribution in [0.25, 0.3) is 0 Å². The minimum atomic E-state index is -3.58. The van der Waals surface area contributed by atoms with Gasteiger partial charge in [0.2, 0.25) is 10.0 Å². The largest absolute Gasteiger partial charge is 0.495 e. The number of nitrogens with zero attached hydrogens (tertiary/aromatic N) is 1. The molecule has 1 saturated heterocycles. The van der Waals surface area contributed by atoms with Gasteiger partial charge in [-0.15, -0.1) is 0 Å². The molecular formula is C15H24N2O3S. The standard InChI is InChI=1S/C15H24N2O3S/c1-10-5-11(2)9-17(8-10)21(18,19)15-7-13(16)12(3)6-14(15)20-4/h6-7,10-11H,5,8-9,16H2,1-4H3. The van der Waals surface area contributed by atoms with E-state index < -0.39 is 10.0 Å². The zero-order valence-corrected chi connectivity index (χ0v) is 13.9. The number of ether oxygens (including phenoxy) is 1. The van der Waals surface area contributed by atoms with Gasteiger partial charge in [0.1, 0.15) is 10.6 Å². The lowest BCUT2D eigenvalue weighted by Crippen LogP contribution is -2.42. The van der Waals surface area contributed by atoms with E-state index in [1.807, 2.05) is 6.92 Å². The predicted molar refractivity (Wildman–Crippen MR) is 83.8 cm³/mol. The van der Waals surface area contributed by atoms with Gasteiger partial charge in [-0.2, -0.15) is 4.31 Å². The molecule has 1 aromatic rings. The van der Waals surface area contributed by atoms with Crippen LogP contribution in [-0.2, 0) is 10.0 Å². The molecule has 0 radical (unpaired) electrons. The molecule has 1 heterocycles. The van der Waals surface area contributed by atoms with Crippen molar-refractivity contribution >= 4 is 15.7 Å². The van der Waals surface area contributed by atoms with Gasteiger partial charge in [0.05, 0.1) is 7.11 Å². The third kappa shape index (κ3) is 3.16. The molecule has 0 aromatic heterocycles. The molecule has 0 aliphatic carbocycles. The van der Waals surface area contributed by atoms with Crippen molar-refractivity contribution in [3.63, 3.8) is 0 Å². The summed E-state index contributed by atoms with van der Waals surface area (Å²) in [6.07, 6.45) is 1.05. The molecule has 0 bridgehead atoms. The maximum absolute atomic E-state index is 12.9. The zero-order chi connectivity index (χ0) is 15.8. The lowest BCUT2D eigenvalue weighted by atomic mass is 9.94. The van der Waals surface area contributed by atoms with Crippen LogP contribution >= 0.6 is 0 Å². The maximum Gasteiger partial charge on any atom is 0.246 e. The van der Waals surface area contributed by atoms with Crippen LogP contribution in [-0.4, -0.2) is 32.9 Å². The highest BCUT2D eigenvalue weighted by Crippen LogP contribution is 2.33. The molecule has 5 nitrogen and oxygen atoms in total. The summed E-state index contributed by atoms with van der Waals surface area (Å²) in [5, 5.41) is 0. The van der Waals surface area contributed by atoms with Crippen molar-refractivity contribution in [1.82, 2.24) is 4.31 Å². The van der Waals surface area contributed by atoms with Gasteiger partial charge < -0.3 is 10.5 Å². The van der Waals surface area contributed by atoms with Crippen LogP contribution in [0.2, 0.25) is 0 Å². The van der Waals surface area contributed by atoms with Gasteiger partial charge >= 0.3 is 0 Å². The van der Waals surface area contributed by atoms with Gasteiger partial charge in [0.25, 0.3) is 0 Å². The van der Waals surface area contributed by atoms with E-state index in [0.29, 0.717) is 36.4 Å². The van der Waals surface area contributed by atoms with Crippen LogP contribution in [0.1, 0.15) is 25.8 Å². The number of rotatable bonds is 3. The Morgan fingerprint density at radius 2 is 1.81 bits per heavy atom. The molecule has 1 aromatic carbocycles. The molecule has 2 atom stereocenters. The first-order chi connectivity index (χ1) is 9.75. The fraction of sp³-hybridized carbons (Fsp3) is 0.600. The van der Waals surface area contributed by atoms with Crippen molar-refractivity contribution in [3.05, 3.63) is 17.7 Å². The fourth-order valence-electron chi connectivity index (χ4n) is 2.98. The van der Waals surface area contributed by atoms with Gasteiger partial charge in [-0.05, 0) is 42.9 Å². The fourth-order valence-corrected chi connectivity index (χ4v) is 4.83. The Morgan fingerprint density at radius 3 is 2.33 bits per heavy atom. The summed E-state index contributed by atoms with van der Waals surface area (Å²) in [5.41, 5.74) is 7.16. The van der Waals surface area contributed by atoms with Gasteiger partial charge in [-0.3, -0.25) is 0 Å². The number of anilines is 1. The SMILES string of the molecule is COc1cc(C)c(N)cc1S(=O)(=O)N1CC(C)CC(C)C1. The summed E-state index contributed by atoms with van der Waals surface area (Å²) in [6, 6.07) is 3.19. The van der Waals surface area contributed by atoms with E-state index in [4.69, 9.17) is 10.5 Å². The van der Waals surface area contributed by atoms with Crippen LogP contribution < -0.4 is 10.5 Å². The third-order valence-corrected chi connectivity index (χ3v) is 5.86. The number of hydrogen-bond donors (Lipinski definition) is 1. The lowest BCUT2D eigenvalue weighted by Gasteiger charge is -2.34. The number of nitrogen functional groups attached to an aromatic ring is 1. The third-order valence-electron chi connectivity index (χ3n) is 4.01. The Bertz CT molecular complexity index is 618. The van der Waals surface area contributed by atoms with E-state index in [-0.39, 0.29) is 4.90 Å². The van der Waals surface area contributed by atoms with Crippen LogP contribution in [0.3, 0.4) is 0 Å². The smallest absolute Gasteiger partial charge is 0.246 e. The highest BCUT2D eigenvalue weighted by atomic mass is 32.2. The average Bonchev–Trinajstić information content (AvgIpc) is 2.40. The maximum atomic E-state index is 12.9. The topological polar surface area (TPSA) is 72.6 Å². The number of benzene rings is 1. The van der Waals surface area contributed by atoms with E-state index in [1.165, 1.54) is 13.2 Å². The highest BCUT2D eigenvalue weighted by molar-refractivity contribution is 7.89. The quantitative estimate of drug-likeness (QED) is 0.869. The van der Waals surface area contributed by atoms with Gasteiger partial charge in [0, 0.05) is 18.8 Å². The van der Waals surface area contributed by atoms with E-state index in [0.717, 1.165) is 12.0 Å². The van der Waals surface area contributed by atoms with Gasteiger partial charge in [-0.25, -0.2) is 8.42 Å². The number of aryl methyl sites for hydroxylation is 1. The first-order valence-corrected chi connectivity index (χ1v) is 8.64. The van der Waals surface area contributed by atoms with Crippen molar-refractivity contribution in [3.8, 4) is 5.75 Å². The molecule has 2 N–H and O–H groups in total. The Labute approximate surface area is 127 Å². The zero-order valence-electron chi connectivity index (χ0n) is 13.1. The van der Waals surface area contributed by atoms with Crippen LogP contribution in [0.15, 0.2) is 17.0 Å². The lowest BCUT2D eigenvalue weighted by molar-refractivity contribution is 0.222. The molecule has 0 saturated carbocycles. The molecule has 0 spiro atoms. The normalized spacial score (nSPS) is 24.0. The van der Waals surface area contributed by atoms with Crippen LogP contribution in [0.5, 0.6) is 5.75 Å². The number of methoxy groups -OCH3 is 1. The summed E-state index contributed by atoms with van der Waals surface area (Å²) >= 11 is 0. The van der Waals surface area contributed by atoms with Crippen molar-refractivity contribution < 1.29 is 13.2 Å². The highest BCUT2D eigenvalue weighted by Gasteiger charge is 2.33. The Hall–Kier alpha value is -1.27. The second kappa shape index (κ2) is 5.85. The Kier molecular flexibility index (Phi) is 4.49.